The molecule has 14 bridgehead atoms. The van der Waals surface area contributed by atoms with Gasteiger partial charge in [0.05, 0.1) is 39.6 Å². The van der Waals surface area contributed by atoms with Crippen molar-refractivity contribution < 1.29 is 85.6 Å². The van der Waals surface area contributed by atoms with Gasteiger partial charge in [0.1, 0.15) is 34.5 Å². The average Bonchev–Trinajstić information content (AvgIpc) is 1.10. The molecule has 0 unspecified atom stereocenters. The van der Waals surface area contributed by atoms with Gasteiger partial charge in [-0.3, -0.25) is 0 Å². The summed E-state index contributed by atoms with van der Waals surface area (Å²) in [4.78, 5) is 79.3. The van der Waals surface area contributed by atoms with Crippen molar-refractivity contribution in [2.24, 2.45) is 0 Å². The molecule has 0 spiro atoms. The number of esters is 6. The van der Waals surface area contributed by atoms with Gasteiger partial charge in [0.25, 0.3) is 0 Å². The zero-order chi connectivity index (χ0) is 65.6. The van der Waals surface area contributed by atoms with Crippen LogP contribution in [0.1, 0.15) is 161 Å². The van der Waals surface area contributed by atoms with Crippen LogP contribution in [0.2, 0.25) is 0 Å². The highest BCUT2D eigenvalue weighted by molar-refractivity contribution is 5.74. The maximum absolute atomic E-state index is 13.5. The van der Waals surface area contributed by atoms with E-state index in [9.17, 15) is 28.8 Å². The van der Waals surface area contributed by atoms with Gasteiger partial charge in [-0.15, -0.1) is 0 Å². The molecule has 484 valence electrons. The van der Waals surface area contributed by atoms with E-state index in [-0.39, 0.29) is 91.8 Å². The summed E-state index contributed by atoms with van der Waals surface area (Å²) < 4.78 is 71.4. The lowest BCUT2D eigenvalue weighted by Gasteiger charge is -2.32. The minimum absolute atomic E-state index is 0.120. The Morgan fingerprint density at radius 1 is 0.275 bits per heavy atom. The van der Waals surface area contributed by atoms with Gasteiger partial charge in [-0.05, 0) is 144 Å². The molecular weight excluding hydrogens is 1160 g/mol. The third-order valence-corrected chi connectivity index (χ3v) is 16.5. The topological polar surface area (TPSA) is 213 Å². The smallest absolute Gasteiger partial charge is 0.344 e. The molecule has 6 aromatic rings. The summed E-state index contributed by atoms with van der Waals surface area (Å²) in [5.41, 5.74) is 7.86. The Balaban J connectivity index is 1.53. The van der Waals surface area contributed by atoms with Gasteiger partial charge in [0, 0.05) is 41.9 Å². The first kappa shape index (κ1) is 67.9. The highest BCUT2D eigenvalue weighted by Crippen LogP contribution is 2.46. The van der Waals surface area contributed by atoms with E-state index >= 15 is 0 Å². The van der Waals surface area contributed by atoms with E-state index in [2.05, 4.69) is 65.8 Å². The van der Waals surface area contributed by atoms with Crippen LogP contribution in [0.3, 0.4) is 0 Å². The van der Waals surface area contributed by atoms with Crippen molar-refractivity contribution in [1.29, 1.82) is 0 Å². The number of ether oxygens (including phenoxy) is 12. The zero-order valence-electron chi connectivity index (χ0n) is 54.4. The molecule has 18 heteroatoms. The number of fused-ring (bicyclic) bond motifs is 12. The van der Waals surface area contributed by atoms with Crippen molar-refractivity contribution in [3.63, 3.8) is 0 Å². The number of hydrogen-bond acceptors (Lipinski definition) is 18. The Kier molecular flexibility index (Phi) is 22.5. The van der Waals surface area contributed by atoms with Crippen molar-refractivity contribution in [2.45, 2.75) is 125 Å². The Hall–Kier alpha value is -9.06. The molecular formula is C73H84O18. The molecule has 0 saturated heterocycles. The summed E-state index contributed by atoms with van der Waals surface area (Å²) in [5.74, 6) is -1.01. The zero-order valence-corrected chi connectivity index (χ0v) is 54.4. The van der Waals surface area contributed by atoms with Crippen LogP contribution in [-0.2, 0) is 99.1 Å². The molecule has 0 saturated carbocycles. The number of hydrogen-bond donors (Lipinski definition) is 0. The van der Waals surface area contributed by atoms with Crippen LogP contribution in [0, 0.1) is 0 Å². The van der Waals surface area contributed by atoms with Gasteiger partial charge < -0.3 is 56.8 Å². The maximum Gasteiger partial charge on any atom is 0.344 e. The Morgan fingerprint density at radius 2 is 0.462 bits per heavy atom. The monoisotopic (exact) mass is 1250 g/mol. The first-order chi connectivity index (χ1) is 43.5. The van der Waals surface area contributed by atoms with Crippen molar-refractivity contribution in [2.75, 3.05) is 79.3 Å². The second-order valence-electron chi connectivity index (χ2n) is 23.7. The standard InChI is InChI=1S/C73H84O18/c1-13-80-63(74)39-86-59-23-19-53-31-45(59)27-49-35-57-36-50(69(49)90-43-67(78)84-17-5)28-46-33-55(21-25-61(46)88-41-65(76)82-15-3)72(9,10)56-22-26-62(89-42-66(77)83-16-4)48(34-56)30-52-38-58(73(57,11)12)37-51(70(52)91-44-68(79)85-18-6)29-47-32-54(71(53,7)8)20-24-60(47)87-40-64(75)81-14-2/h19-26,31-38H,13-18,27-30,39-44H2,1-12H3. The summed E-state index contributed by atoms with van der Waals surface area (Å²) in [5, 5.41) is 0. The summed E-state index contributed by atoms with van der Waals surface area (Å²) in [6.45, 7) is 21.4. The van der Waals surface area contributed by atoms with Crippen LogP contribution in [0.25, 0.3) is 0 Å². The Bertz CT molecular complexity index is 3220. The second-order valence-corrected chi connectivity index (χ2v) is 23.7. The van der Waals surface area contributed by atoms with Gasteiger partial charge in [-0.2, -0.15) is 0 Å². The fraction of sp³-hybridized carbons (Fsp3) is 0.425. The summed E-state index contributed by atoms with van der Waals surface area (Å²) >= 11 is 0. The van der Waals surface area contributed by atoms with Crippen LogP contribution in [-0.4, -0.2) is 115 Å². The van der Waals surface area contributed by atoms with Gasteiger partial charge in [-0.25, -0.2) is 28.8 Å². The van der Waals surface area contributed by atoms with Gasteiger partial charge >= 0.3 is 35.8 Å². The van der Waals surface area contributed by atoms with Gasteiger partial charge in [0.2, 0.25) is 0 Å². The van der Waals surface area contributed by atoms with Crippen LogP contribution >= 0.6 is 0 Å². The highest BCUT2D eigenvalue weighted by atomic mass is 16.6. The lowest BCUT2D eigenvalue weighted by atomic mass is 9.73. The number of benzene rings is 6. The van der Waals surface area contributed by atoms with E-state index in [1.807, 2.05) is 72.8 Å². The highest BCUT2D eigenvalue weighted by Gasteiger charge is 2.34. The molecule has 2 aliphatic rings. The molecule has 91 heavy (non-hydrogen) atoms. The van der Waals surface area contributed by atoms with E-state index in [1.54, 1.807) is 41.5 Å². The second kappa shape index (κ2) is 30.2. The molecule has 2 aliphatic carbocycles. The fourth-order valence-electron chi connectivity index (χ4n) is 11.5. The lowest BCUT2D eigenvalue weighted by Crippen LogP contribution is -2.24. The first-order valence-electron chi connectivity index (χ1n) is 31.1. The van der Waals surface area contributed by atoms with Crippen LogP contribution in [0.5, 0.6) is 34.5 Å². The molecule has 0 aromatic heterocycles. The summed E-state index contributed by atoms with van der Waals surface area (Å²) in [6, 6.07) is 31.6. The molecule has 6 aromatic carbocycles. The predicted octanol–water partition coefficient (Wildman–Crippen LogP) is 11.3. The SMILES string of the molecule is CCOC(=O)COc1ccc2cc1Cc1cc3cc(c1OCC(=O)OCC)Cc1cc(ccc1OCC(=O)OCC)C(C)(C)c1ccc(OCC(=O)OCC)c(c1)Cc1cc(cc(c1OCC(=O)OCC)Cc1cc(ccc1OCC(=O)OCC)C2(C)C)C3(C)C. The van der Waals surface area contributed by atoms with E-state index < -0.39 is 65.3 Å². The molecule has 0 heterocycles. The Labute approximate surface area is 533 Å². The van der Waals surface area contributed by atoms with Crippen LogP contribution in [0.15, 0.2) is 97.1 Å². The third-order valence-electron chi connectivity index (χ3n) is 16.5. The summed E-state index contributed by atoms with van der Waals surface area (Å²) in [6.07, 6.45) is 0.566. The predicted molar refractivity (Wildman–Crippen MR) is 339 cm³/mol. The van der Waals surface area contributed by atoms with Gasteiger partial charge in [0.15, 0.2) is 39.6 Å². The van der Waals surface area contributed by atoms with Crippen molar-refractivity contribution in [3.8, 4) is 34.5 Å². The molecule has 0 amide bonds. The van der Waals surface area contributed by atoms with E-state index in [1.165, 1.54) is 0 Å². The van der Waals surface area contributed by atoms with E-state index in [0.29, 0.717) is 79.0 Å². The van der Waals surface area contributed by atoms with Crippen molar-refractivity contribution in [1.82, 2.24) is 0 Å². The van der Waals surface area contributed by atoms with E-state index in [0.717, 1.165) is 33.4 Å². The molecule has 0 aliphatic heterocycles. The minimum Gasteiger partial charge on any atom is -0.482 e. The largest absolute Gasteiger partial charge is 0.482 e. The molecule has 18 nitrogen and oxygen atoms in total. The maximum atomic E-state index is 13.5. The number of rotatable bonds is 24. The minimum atomic E-state index is -0.948. The van der Waals surface area contributed by atoms with Crippen molar-refractivity contribution >= 4 is 35.8 Å². The normalized spacial score (nSPS) is 13.9. The van der Waals surface area contributed by atoms with Crippen LogP contribution < -0.4 is 28.4 Å². The molecule has 0 N–H and O–H groups in total. The molecule has 0 fully saturated rings. The van der Waals surface area contributed by atoms with Crippen LogP contribution in [0.4, 0.5) is 0 Å². The summed E-state index contributed by atoms with van der Waals surface area (Å²) in [7, 11) is 0. The average molecular weight is 1250 g/mol. The molecule has 0 atom stereocenters. The van der Waals surface area contributed by atoms with Crippen molar-refractivity contribution in [3.05, 3.63) is 175 Å². The van der Waals surface area contributed by atoms with E-state index in [4.69, 9.17) is 56.8 Å². The molecule has 0 radical (unpaired) electrons. The number of carbonyl (C=O) groups excluding carboxylic acids is 6. The lowest BCUT2D eigenvalue weighted by molar-refractivity contribution is -0.146. The first-order valence-corrected chi connectivity index (χ1v) is 31.1. The molecule has 8 rings (SSSR count). The quantitative estimate of drug-likeness (QED) is 0.0407. The third kappa shape index (κ3) is 16.5. The van der Waals surface area contributed by atoms with Gasteiger partial charge in [-0.1, -0.05) is 114 Å². The number of carbonyl (C=O) groups is 6. The Morgan fingerprint density at radius 3 is 0.670 bits per heavy atom. The fourth-order valence-corrected chi connectivity index (χ4v) is 11.5.